The molecule has 0 radical (unpaired) electrons. The van der Waals surface area contributed by atoms with Crippen LogP contribution in [0.2, 0.25) is 10.0 Å². The molecule has 0 fully saturated rings. The first-order valence-corrected chi connectivity index (χ1v) is 6.03. The highest BCUT2D eigenvalue weighted by molar-refractivity contribution is 6.42. The van der Waals surface area contributed by atoms with E-state index in [-0.39, 0.29) is 6.04 Å². The molecule has 0 saturated heterocycles. The van der Waals surface area contributed by atoms with Gasteiger partial charge in [0.2, 0.25) is 0 Å². The third-order valence-corrected chi connectivity index (χ3v) is 3.25. The quantitative estimate of drug-likeness (QED) is 0.930. The maximum atomic E-state index is 5.95. The van der Waals surface area contributed by atoms with E-state index in [0.717, 1.165) is 11.1 Å². The Morgan fingerprint density at radius 2 is 2.12 bits per heavy atom. The van der Waals surface area contributed by atoms with Crippen molar-refractivity contribution in [3.63, 3.8) is 0 Å². The molecule has 5 heteroatoms. The van der Waals surface area contributed by atoms with Gasteiger partial charge in [-0.3, -0.25) is 4.68 Å². The standard InChI is InChI=1S/C12H13Cl2N3/c1-8(15)10-5-16-17(7-10)6-9-2-3-11(13)12(14)4-9/h2-5,7-8H,6,15H2,1H3/t8-/m0/s1. The van der Waals surface area contributed by atoms with Crippen LogP contribution in [0.1, 0.15) is 24.1 Å². The number of hydrogen-bond donors (Lipinski definition) is 1. The minimum Gasteiger partial charge on any atom is -0.324 e. The second-order valence-corrected chi connectivity index (χ2v) is 4.82. The molecule has 0 aliphatic rings. The number of nitrogens with two attached hydrogens (primary N) is 1. The monoisotopic (exact) mass is 269 g/mol. The van der Waals surface area contributed by atoms with Gasteiger partial charge in [-0.1, -0.05) is 29.3 Å². The summed E-state index contributed by atoms with van der Waals surface area (Å²) in [5, 5.41) is 5.37. The molecule has 2 rings (SSSR count). The zero-order valence-electron chi connectivity index (χ0n) is 9.40. The summed E-state index contributed by atoms with van der Waals surface area (Å²) in [5.74, 6) is 0. The van der Waals surface area contributed by atoms with Crippen LogP contribution in [0.4, 0.5) is 0 Å². The molecule has 1 aromatic heterocycles. The van der Waals surface area contributed by atoms with Crippen LogP contribution in [-0.2, 0) is 6.54 Å². The van der Waals surface area contributed by atoms with Crippen LogP contribution in [0.3, 0.4) is 0 Å². The lowest BCUT2D eigenvalue weighted by atomic mass is 10.2. The van der Waals surface area contributed by atoms with E-state index in [2.05, 4.69) is 5.10 Å². The molecule has 0 bridgehead atoms. The van der Waals surface area contributed by atoms with E-state index in [1.54, 1.807) is 12.3 Å². The molecular weight excluding hydrogens is 257 g/mol. The summed E-state index contributed by atoms with van der Waals surface area (Å²) in [6, 6.07) is 5.56. The lowest BCUT2D eigenvalue weighted by molar-refractivity contribution is 0.684. The van der Waals surface area contributed by atoms with E-state index in [4.69, 9.17) is 28.9 Å². The van der Waals surface area contributed by atoms with Gasteiger partial charge in [0.25, 0.3) is 0 Å². The van der Waals surface area contributed by atoms with Gasteiger partial charge < -0.3 is 5.73 Å². The largest absolute Gasteiger partial charge is 0.324 e. The van der Waals surface area contributed by atoms with Crippen molar-refractivity contribution in [2.75, 3.05) is 0 Å². The molecule has 0 aliphatic heterocycles. The van der Waals surface area contributed by atoms with Crippen molar-refractivity contribution in [3.8, 4) is 0 Å². The first-order chi connectivity index (χ1) is 8.06. The van der Waals surface area contributed by atoms with Crippen molar-refractivity contribution in [2.24, 2.45) is 5.73 Å². The summed E-state index contributed by atoms with van der Waals surface area (Å²) in [6.45, 7) is 2.59. The highest BCUT2D eigenvalue weighted by atomic mass is 35.5. The summed E-state index contributed by atoms with van der Waals surface area (Å²) in [7, 11) is 0. The van der Waals surface area contributed by atoms with Gasteiger partial charge in [0.1, 0.15) is 0 Å². The molecule has 3 nitrogen and oxygen atoms in total. The van der Waals surface area contributed by atoms with Crippen LogP contribution in [0.25, 0.3) is 0 Å². The number of hydrogen-bond acceptors (Lipinski definition) is 2. The maximum absolute atomic E-state index is 5.95. The zero-order chi connectivity index (χ0) is 12.4. The van der Waals surface area contributed by atoms with E-state index < -0.39 is 0 Å². The molecule has 0 spiro atoms. The van der Waals surface area contributed by atoms with Gasteiger partial charge in [0.05, 0.1) is 22.8 Å². The molecule has 0 amide bonds. The van der Waals surface area contributed by atoms with Crippen LogP contribution in [-0.4, -0.2) is 9.78 Å². The Balaban J connectivity index is 2.16. The average molecular weight is 270 g/mol. The van der Waals surface area contributed by atoms with Crippen molar-refractivity contribution >= 4 is 23.2 Å². The van der Waals surface area contributed by atoms with E-state index in [1.807, 2.05) is 29.9 Å². The van der Waals surface area contributed by atoms with Gasteiger partial charge in [-0.15, -0.1) is 0 Å². The molecule has 1 atom stereocenters. The van der Waals surface area contributed by atoms with E-state index >= 15 is 0 Å². The van der Waals surface area contributed by atoms with Gasteiger partial charge in [-0.2, -0.15) is 5.10 Å². The Kier molecular flexibility index (Phi) is 3.72. The van der Waals surface area contributed by atoms with Crippen molar-refractivity contribution in [3.05, 3.63) is 51.8 Å². The first-order valence-electron chi connectivity index (χ1n) is 5.28. The first kappa shape index (κ1) is 12.4. The summed E-state index contributed by atoms with van der Waals surface area (Å²) in [4.78, 5) is 0. The summed E-state index contributed by atoms with van der Waals surface area (Å²) in [5.41, 5.74) is 7.85. The van der Waals surface area contributed by atoms with Gasteiger partial charge in [0.15, 0.2) is 0 Å². The molecule has 0 saturated carbocycles. The fourth-order valence-electron chi connectivity index (χ4n) is 1.53. The summed E-state index contributed by atoms with van der Waals surface area (Å²) >= 11 is 11.8. The zero-order valence-corrected chi connectivity index (χ0v) is 10.9. The van der Waals surface area contributed by atoms with Crippen molar-refractivity contribution < 1.29 is 0 Å². The number of halogens is 2. The molecule has 1 aromatic carbocycles. The normalized spacial score (nSPS) is 12.7. The predicted molar refractivity (Wildman–Crippen MR) is 70.4 cm³/mol. The second kappa shape index (κ2) is 5.08. The van der Waals surface area contributed by atoms with Gasteiger partial charge in [-0.25, -0.2) is 0 Å². The van der Waals surface area contributed by atoms with Crippen molar-refractivity contribution in [1.82, 2.24) is 9.78 Å². The van der Waals surface area contributed by atoms with E-state index in [1.165, 1.54) is 0 Å². The molecule has 0 unspecified atom stereocenters. The molecular formula is C12H13Cl2N3. The number of benzene rings is 1. The van der Waals surface area contributed by atoms with Crippen LogP contribution in [0, 0.1) is 0 Å². The fraction of sp³-hybridized carbons (Fsp3) is 0.250. The molecule has 2 aromatic rings. The Bertz CT molecular complexity index is 520. The van der Waals surface area contributed by atoms with Crippen molar-refractivity contribution in [1.29, 1.82) is 0 Å². The van der Waals surface area contributed by atoms with Crippen LogP contribution < -0.4 is 5.73 Å². The third-order valence-electron chi connectivity index (χ3n) is 2.51. The second-order valence-electron chi connectivity index (χ2n) is 4.01. The number of rotatable bonds is 3. The molecule has 0 aliphatic carbocycles. The van der Waals surface area contributed by atoms with Gasteiger partial charge in [0, 0.05) is 17.8 Å². The predicted octanol–water partition coefficient (Wildman–Crippen LogP) is 3.26. The lowest BCUT2D eigenvalue weighted by Crippen LogP contribution is -2.04. The fourth-order valence-corrected chi connectivity index (χ4v) is 1.85. The average Bonchev–Trinajstić information content (AvgIpc) is 2.72. The Morgan fingerprint density at radius 1 is 1.35 bits per heavy atom. The minimum absolute atomic E-state index is 0.00226. The highest BCUT2D eigenvalue weighted by Gasteiger charge is 2.04. The lowest BCUT2D eigenvalue weighted by Gasteiger charge is -2.04. The molecule has 1 heterocycles. The van der Waals surface area contributed by atoms with Crippen LogP contribution >= 0.6 is 23.2 Å². The Morgan fingerprint density at radius 3 is 2.71 bits per heavy atom. The highest BCUT2D eigenvalue weighted by Crippen LogP contribution is 2.23. The smallest absolute Gasteiger partial charge is 0.0660 e. The minimum atomic E-state index is -0.00226. The van der Waals surface area contributed by atoms with Crippen molar-refractivity contribution in [2.45, 2.75) is 19.5 Å². The van der Waals surface area contributed by atoms with Gasteiger partial charge >= 0.3 is 0 Å². The van der Waals surface area contributed by atoms with Crippen LogP contribution in [0.15, 0.2) is 30.6 Å². The molecule has 17 heavy (non-hydrogen) atoms. The SMILES string of the molecule is C[C@H](N)c1cnn(Cc2ccc(Cl)c(Cl)c2)c1. The van der Waals surface area contributed by atoms with E-state index in [9.17, 15) is 0 Å². The molecule has 2 N–H and O–H groups in total. The number of aromatic nitrogens is 2. The summed E-state index contributed by atoms with van der Waals surface area (Å²) in [6.07, 6.45) is 3.72. The summed E-state index contributed by atoms with van der Waals surface area (Å²) < 4.78 is 1.83. The Hall–Kier alpha value is -1.03. The maximum Gasteiger partial charge on any atom is 0.0660 e. The molecule has 90 valence electrons. The third kappa shape index (κ3) is 3.00. The Labute approximate surface area is 110 Å². The van der Waals surface area contributed by atoms with Gasteiger partial charge in [-0.05, 0) is 24.6 Å². The number of nitrogens with zero attached hydrogens (tertiary/aromatic N) is 2. The van der Waals surface area contributed by atoms with Crippen LogP contribution in [0.5, 0.6) is 0 Å². The van der Waals surface area contributed by atoms with E-state index in [0.29, 0.717) is 16.6 Å². The topological polar surface area (TPSA) is 43.8 Å².